The second-order valence-corrected chi connectivity index (χ2v) is 10.3. The molecule has 1 amide bonds. The van der Waals surface area contributed by atoms with Gasteiger partial charge in [0.05, 0.1) is 12.2 Å². The minimum Gasteiger partial charge on any atom is -0.372 e. The van der Waals surface area contributed by atoms with Crippen LogP contribution in [0.15, 0.2) is 35.5 Å². The fraction of sp³-hybridized carbons (Fsp3) is 0.542. The number of hydrogen-bond donors (Lipinski definition) is 0. The first kappa shape index (κ1) is 23.3. The lowest BCUT2D eigenvalue weighted by atomic mass is 9.99. The number of thioether (sulfide) groups is 1. The molecule has 1 aromatic heterocycles. The highest BCUT2D eigenvalue weighted by Gasteiger charge is 2.26. The first-order chi connectivity index (χ1) is 15.4. The van der Waals surface area contributed by atoms with E-state index in [2.05, 4.69) is 16.8 Å². The van der Waals surface area contributed by atoms with Crippen LogP contribution in [0.25, 0.3) is 0 Å². The zero-order chi connectivity index (χ0) is 22.7. The van der Waals surface area contributed by atoms with Gasteiger partial charge in [-0.15, -0.1) is 0 Å². The second-order valence-electron chi connectivity index (χ2n) is 8.96. The van der Waals surface area contributed by atoms with Gasteiger partial charge in [0, 0.05) is 43.6 Å². The summed E-state index contributed by atoms with van der Waals surface area (Å²) in [6.07, 6.45) is 2.45. The van der Waals surface area contributed by atoms with Crippen molar-refractivity contribution < 1.29 is 9.53 Å². The number of hydrogen-bond acceptors (Lipinski definition) is 6. The summed E-state index contributed by atoms with van der Waals surface area (Å²) in [5, 5.41) is 1.13. The third-order valence-electron chi connectivity index (χ3n) is 6.02. The molecule has 2 aromatic rings. The molecule has 6 nitrogen and oxygen atoms in total. The Hall–Kier alpha value is -1.83. The van der Waals surface area contributed by atoms with Crippen LogP contribution in [-0.2, 0) is 10.5 Å². The Morgan fingerprint density at radius 1 is 1.12 bits per heavy atom. The van der Waals surface area contributed by atoms with Gasteiger partial charge in [-0.1, -0.05) is 42.4 Å². The molecule has 2 aliphatic rings. The van der Waals surface area contributed by atoms with Gasteiger partial charge in [-0.25, -0.2) is 9.97 Å². The second kappa shape index (κ2) is 10.4. The van der Waals surface area contributed by atoms with E-state index in [0.29, 0.717) is 34.7 Å². The highest BCUT2D eigenvalue weighted by atomic mass is 35.5. The molecule has 0 radical (unpaired) electrons. The number of morpholine rings is 1. The van der Waals surface area contributed by atoms with E-state index in [0.717, 1.165) is 30.4 Å². The molecule has 0 N–H and O–H groups in total. The molecule has 3 heterocycles. The average molecular weight is 475 g/mol. The van der Waals surface area contributed by atoms with Crippen LogP contribution in [0.2, 0.25) is 5.15 Å². The molecule has 2 unspecified atom stereocenters. The molecule has 0 saturated carbocycles. The number of amides is 1. The number of ether oxygens (including phenoxy) is 1. The van der Waals surface area contributed by atoms with Crippen molar-refractivity contribution in [1.29, 1.82) is 0 Å². The predicted octanol–water partition coefficient (Wildman–Crippen LogP) is 4.91. The Bertz CT molecular complexity index is 941. The average Bonchev–Trinajstić information content (AvgIpc) is 2.77. The topological polar surface area (TPSA) is 58.6 Å². The van der Waals surface area contributed by atoms with Crippen LogP contribution in [0.3, 0.4) is 0 Å². The quantitative estimate of drug-likeness (QED) is 0.348. The van der Waals surface area contributed by atoms with Crippen LogP contribution in [0.1, 0.15) is 49.5 Å². The van der Waals surface area contributed by atoms with Gasteiger partial charge in [-0.3, -0.25) is 4.79 Å². The number of halogens is 1. The molecule has 1 aromatic carbocycles. The van der Waals surface area contributed by atoms with Gasteiger partial charge < -0.3 is 14.5 Å². The number of aromatic nitrogens is 2. The summed E-state index contributed by atoms with van der Waals surface area (Å²) >= 11 is 7.85. The van der Waals surface area contributed by atoms with Crippen molar-refractivity contribution >= 4 is 35.1 Å². The lowest BCUT2D eigenvalue weighted by Crippen LogP contribution is -2.48. The van der Waals surface area contributed by atoms with Gasteiger partial charge in [0.2, 0.25) is 0 Å². The van der Waals surface area contributed by atoms with E-state index in [4.69, 9.17) is 21.3 Å². The monoisotopic (exact) mass is 474 g/mol. The third kappa shape index (κ3) is 5.94. The summed E-state index contributed by atoms with van der Waals surface area (Å²) < 4.78 is 5.76. The van der Waals surface area contributed by atoms with Crippen molar-refractivity contribution in [3.8, 4) is 0 Å². The van der Waals surface area contributed by atoms with Crippen LogP contribution in [-0.4, -0.2) is 59.2 Å². The fourth-order valence-corrected chi connectivity index (χ4v) is 5.34. The van der Waals surface area contributed by atoms with Gasteiger partial charge in [0.25, 0.3) is 5.91 Å². The van der Waals surface area contributed by atoms with E-state index in [1.165, 1.54) is 12.8 Å². The minimum absolute atomic E-state index is 0.0544. The molecule has 172 valence electrons. The Labute approximate surface area is 199 Å². The molecule has 8 heteroatoms. The Morgan fingerprint density at radius 2 is 1.84 bits per heavy atom. The van der Waals surface area contributed by atoms with Gasteiger partial charge in [-0.05, 0) is 50.3 Å². The molecule has 2 saturated heterocycles. The summed E-state index contributed by atoms with van der Waals surface area (Å²) in [5.74, 6) is 2.39. The standard InChI is InChI=1S/C24H31ClN4O2S/c1-16-7-9-28(10-8-16)22-12-21(25)26-24(27-22)32-15-19-5-4-6-20(11-19)23(30)29-13-17(2)31-18(3)14-29/h4-6,11-12,16-18H,7-10,13-15H2,1-3H3. The summed E-state index contributed by atoms with van der Waals surface area (Å²) in [6.45, 7) is 9.56. The first-order valence-electron chi connectivity index (χ1n) is 11.3. The molecule has 2 atom stereocenters. The van der Waals surface area contributed by atoms with Crippen LogP contribution in [0.5, 0.6) is 0 Å². The Balaban J connectivity index is 1.42. The summed E-state index contributed by atoms with van der Waals surface area (Å²) in [6, 6.07) is 9.68. The van der Waals surface area contributed by atoms with E-state index in [1.54, 1.807) is 11.8 Å². The number of benzene rings is 1. The maximum Gasteiger partial charge on any atom is 0.254 e. The molecule has 4 rings (SSSR count). The van der Waals surface area contributed by atoms with Crippen LogP contribution in [0, 0.1) is 5.92 Å². The lowest BCUT2D eigenvalue weighted by Gasteiger charge is -2.35. The summed E-state index contributed by atoms with van der Waals surface area (Å²) in [4.78, 5) is 26.4. The SMILES string of the molecule is CC1CCN(c2cc(Cl)nc(SCc3cccc(C(=O)N4CC(C)OC(C)C4)c3)n2)CC1. The minimum atomic E-state index is 0.0544. The summed E-state index contributed by atoms with van der Waals surface area (Å²) in [7, 11) is 0. The normalized spacial score (nSPS) is 22.2. The van der Waals surface area contributed by atoms with E-state index in [1.807, 2.05) is 49.1 Å². The molecular weight excluding hydrogens is 444 g/mol. The molecule has 0 aliphatic carbocycles. The maximum atomic E-state index is 13.0. The molecular formula is C24H31ClN4O2S. The highest BCUT2D eigenvalue weighted by molar-refractivity contribution is 7.98. The maximum absolute atomic E-state index is 13.0. The van der Waals surface area contributed by atoms with Crippen molar-refractivity contribution in [3.05, 3.63) is 46.6 Å². The zero-order valence-corrected chi connectivity index (χ0v) is 20.5. The number of nitrogens with zero attached hydrogens (tertiary/aromatic N) is 4. The van der Waals surface area contributed by atoms with E-state index in [-0.39, 0.29) is 18.1 Å². The smallest absolute Gasteiger partial charge is 0.254 e. The third-order valence-corrected chi connectivity index (χ3v) is 7.13. The zero-order valence-electron chi connectivity index (χ0n) is 19.0. The lowest BCUT2D eigenvalue weighted by molar-refractivity contribution is -0.0586. The molecule has 32 heavy (non-hydrogen) atoms. The highest BCUT2D eigenvalue weighted by Crippen LogP contribution is 2.27. The number of carbonyl (C=O) groups excluding carboxylic acids is 1. The van der Waals surface area contributed by atoms with Crippen molar-refractivity contribution in [3.63, 3.8) is 0 Å². The molecule has 2 fully saturated rings. The number of anilines is 1. The van der Waals surface area contributed by atoms with E-state index in [9.17, 15) is 4.79 Å². The predicted molar refractivity (Wildman–Crippen MR) is 130 cm³/mol. The number of carbonyl (C=O) groups is 1. The first-order valence-corrected chi connectivity index (χ1v) is 12.7. The van der Waals surface area contributed by atoms with Crippen LogP contribution >= 0.6 is 23.4 Å². The van der Waals surface area contributed by atoms with Crippen molar-refractivity contribution in [2.45, 2.75) is 56.7 Å². The molecule has 0 bridgehead atoms. The van der Waals surface area contributed by atoms with Crippen molar-refractivity contribution in [2.24, 2.45) is 5.92 Å². The van der Waals surface area contributed by atoms with Gasteiger partial charge >= 0.3 is 0 Å². The van der Waals surface area contributed by atoms with E-state index >= 15 is 0 Å². The number of piperidine rings is 1. The van der Waals surface area contributed by atoms with Gasteiger partial charge in [0.15, 0.2) is 5.16 Å². The number of rotatable bonds is 5. The Kier molecular flexibility index (Phi) is 7.59. The fourth-order valence-electron chi connectivity index (χ4n) is 4.32. The van der Waals surface area contributed by atoms with Crippen molar-refractivity contribution in [1.82, 2.24) is 14.9 Å². The summed E-state index contributed by atoms with van der Waals surface area (Å²) in [5.41, 5.74) is 1.77. The van der Waals surface area contributed by atoms with Crippen LogP contribution in [0.4, 0.5) is 5.82 Å². The largest absolute Gasteiger partial charge is 0.372 e. The Morgan fingerprint density at radius 3 is 2.56 bits per heavy atom. The van der Waals surface area contributed by atoms with Gasteiger partial charge in [-0.2, -0.15) is 0 Å². The van der Waals surface area contributed by atoms with Crippen molar-refractivity contribution in [2.75, 3.05) is 31.1 Å². The molecule has 2 aliphatic heterocycles. The van der Waals surface area contributed by atoms with Gasteiger partial charge in [0.1, 0.15) is 11.0 Å². The van der Waals surface area contributed by atoms with Crippen LogP contribution < -0.4 is 4.90 Å². The van der Waals surface area contributed by atoms with E-state index < -0.39 is 0 Å². The molecule has 0 spiro atoms.